The average Bonchev–Trinajstić information content (AvgIpc) is 2.40. The summed E-state index contributed by atoms with van der Waals surface area (Å²) in [5.41, 5.74) is 0. The molecular weight excluding hydrogens is 244 g/mol. The number of rotatable bonds is 8. The number of unbranched alkanes of at least 4 members (excludes halogenated alkanes) is 1. The van der Waals surface area contributed by atoms with Crippen LogP contribution in [0, 0.1) is 5.92 Å². The highest BCUT2D eigenvalue weighted by molar-refractivity contribution is 4.94. The first-order valence-corrected chi connectivity index (χ1v) is 9.19. The van der Waals surface area contributed by atoms with Crippen LogP contribution in [0.5, 0.6) is 0 Å². The standard InChI is InChI=1S/C18H36N2/c1-4-11-19-16-13-17-9-7-10-18(14-16)20(17)12-6-5-8-15(2)3/h15-19H,4-14H2,1-3H3. The Balaban J connectivity index is 1.76. The van der Waals surface area contributed by atoms with E-state index in [0.29, 0.717) is 0 Å². The van der Waals surface area contributed by atoms with Crippen molar-refractivity contribution in [1.82, 2.24) is 10.2 Å². The average molecular weight is 280 g/mol. The van der Waals surface area contributed by atoms with Gasteiger partial charge in [0.2, 0.25) is 0 Å². The molecule has 2 nitrogen and oxygen atoms in total. The molecule has 2 aliphatic rings. The van der Waals surface area contributed by atoms with Crippen LogP contribution < -0.4 is 5.32 Å². The van der Waals surface area contributed by atoms with Crippen molar-refractivity contribution >= 4 is 0 Å². The molecule has 0 radical (unpaired) electrons. The third-order valence-corrected chi connectivity index (χ3v) is 5.26. The maximum Gasteiger partial charge on any atom is 0.0113 e. The first-order chi connectivity index (χ1) is 9.70. The van der Waals surface area contributed by atoms with Crippen LogP contribution in [0.25, 0.3) is 0 Å². The Labute approximate surface area is 126 Å². The molecule has 2 saturated heterocycles. The van der Waals surface area contributed by atoms with Crippen molar-refractivity contribution in [1.29, 1.82) is 0 Å². The smallest absolute Gasteiger partial charge is 0.0113 e. The van der Waals surface area contributed by atoms with Gasteiger partial charge in [-0.1, -0.05) is 40.0 Å². The monoisotopic (exact) mass is 280 g/mol. The maximum absolute atomic E-state index is 3.78. The van der Waals surface area contributed by atoms with E-state index >= 15 is 0 Å². The summed E-state index contributed by atoms with van der Waals surface area (Å²) in [6.45, 7) is 9.54. The first kappa shape index (κ1) is 16.3. The number of nitrogens with zero attached hydrogens (tertiary/aromatic N) is 1. The highest BCUT2D eigenvalue weighted by Gasteiger charge is 2.37. The molecule has 2 unspecified atom stereocenters. The number of piperidine rings is 2. The van der Waals surface area contributed by atoms with Crippen molar-refractivity contribution in [2.45, 2.75) is 96.7 Å². The van der Waals surface area contributed by atoms with Crippen LogP contribution in [0.4, 0.5) is 0 Å². The Morgan fingerprint density at radius 2 is 1.80 bits per heavy atom. The van der Waals surface area contributed by atoms with Gasteiger partial charge in [0.1, 0.15) is 0 Å². The van der Waals surface area contributed by atoms with E-state index in [0.717, 1.165) is 24.0 Å². The molecule has 118 valence electrons. The quantitative estimate of drug-likeness (QED) is 0.670. The summed E-state index contributed by atoms with van der Waals surface area (Å²) in [4.78, 5) is 2.88. The molecule has 0 aromatic carbocycles. The van der Waals surface area contributed by atoms with Crippen LogP contribution in [-0.4, -0.2) is 36.1 Å². The third-order valence-electron chi connectivity index (χ3n) is 5.26. The molecule has 2 fully saturated rings. The van der Waals surface area contributed by atoms with Crippen LogP contribution in [0.3, 0.4) is 0 Å². The van der Waals surface area contributed by atoms with E-state index < -0.39 is 0 Å². The molecule has 2 atom stereocenters. The molecule has 2 bridgehead atoms. The minimum absolute atomic E-state index is 0.803. The van der Waals surface area contributed by atoms with Crippen molar-refractivity contribution in [3.63, 3.8) is 0 Å². The Morgan fingerprint density at radius 3 is 2.40 bits per heavy atom. The van der Waals surface area contributed by atoms with Gasteiger partial charge in [-0.05, 0) is 57.5 Å². The minimum atomic E-state index is 0.803. The van der Waals surface area contributed by atoms with Gasteiger partial charge in [0.25, 0.3) is 0 Å². The van der Waals surface area contributed by atoms with E-state index in [2.05, 4.69) is 31.0 Å². The van der Waals surface area contributed by atoms with Gasteiger partial charge in [-0.15, -0.1) is 0 Å². The largest absolute Gasteiger partial charge is 0.314 e. The van der Waals surface area contributed by atoms with E-state index in [1.807, 2.05) is 0 Å². The van der Waals surface area contributed by atoms with Gasteiger partial charge in [-0.25, -0.2) is 0 Å². The molecule has 0 aromatic heterocycles. The SMILES string of the molecule is CCCNC1CC2CCCC(C1)N2CCCCC(C)C. The van der Waals surface area contributed by atoms with E-state index in [9.17, 15) is 0 Å². The second kappa shape index (κ2) is 8.38. The molecule has 2 aliphatic heterocycles. The second-order valence-electron chi connectivity index (χ2n) is 7.49. The van der Waals surface area contributed by atoms with Crippen LogP contribution in [-0.2, 0) is 0 Å². The van der Waals surface area contributed by atoms with E-state index in [1.165, 1.54) is 70.9 Å². The Bertz CT molecular complexity index is 250. The number of hydrogen-bond acceptors (Lipinski definition) is 2. The van der Waals surface area contributed by atoms with Gasteiger partial charge in [0.05, 0.1) is 0 Å². The number of nitrogens with one attached hydrogen (secondary N) is 1. The summed E-state index contributed by atoms with van der Waals surface area (Å²) in [5.74, 6) is 0.874. The third kappa shape index (κ3) is 4.73. The Hall–Kier alpha value is -0.0800. The summed E-state index contributed by atoms with van der Waals surface area (Å²) in [6, 6.07) is 2.57. The zero-order valence-electron chi connectivity index (χ0n) is 14.0. The van der Waals surface area contributed by atoms with Gasteiger partial charge in [0.15, 0.2) is 0 Å². The highest BCUT2D eigenvalue weighted by Crippen LogP contribution is 2.34. The van der Waals surface area contributed by atoms with Gasteiger partial charge in [-0.3, -0.25) is 4.90 Å². The van der Waals surface area contributed by atoms with Gasteiger partial charge >= 0.3 is 0 Å². The molecule has 0 aliphatic carbocycles. The zero-order chi connectivity index (χ0) is 14.4. The molecule has 0 saturated carbocycles. The summed E-state index contributed by atoms with van der Waals surface area (Å²) in [5, 5.41) is 3.78. The predicted octanol–water partition coefficient (Wildman–Crippen LogP) is 4.20. The summed E-state index contributed by atoms with van der Waals surface area (Å²) in [7, 11) is 0. The van der Waals surface area contributed by atoms with Crippen LogP contribution in [0.15, 0.2) is 0 Å². The Kier molecular flexibility index (Phi) is 6.83. The molecule has 1 N–H and O–H groups in total. The molecule has 20 heavy (non-hydrogen) atoms. The molecule has 0 amide bonds. The summed E-state index contributed by atoms with van der Waals surface area (Å²) in [6.07, 6.45) is 12.7. The number of fused-ring (bicyclic) bond motifs is 2. The fraction of sp³-hybridized carbons (Fsp3) is 1.00. The molecule has 2 rings (SSSR count). The lowest BCUT2D eigenvalue weighted by Gasteiger charge is -2.49. The summed E-state index contributed by atoms with van der Waals surface area (Å²) >= 11 is 0. The molecule has 2 heteroatoms. The second-order valence-corrected chi connectivity index (χ2v) is 7.49. The minimum Gasteiger partial charge on any atom is -0.314 e. The zero-order valence-corrected chi connectivity index (χ0v) is 14.0. The van der Waals surface area contributed by atoms with Crippen molar-refractivity contribution < 1.29 is 0 Å². The van der Waals surface area contributed by atoms with Crippen LogP contribution in [0.1, 0.15) is 78.6 Å². The molecular formula is C18H36N2. The molecule has 0 aromatic rings. The van der Waals surface area contributed by atoms with Gasteiger partial charge < -0.3 is 5.32 Å². The predicted molar refractivity (Wildman–Crippen MR) is 88.1 cm³/mol. The summed E-state index contributed by atoms with van der Waals surface area (Å²) < 4.78 is 0. The van der Waals surface area contributed by atoms with Gasteiger partial charge in [0, 0.05) is 18.1 Å². The lowest BCUT2D eigenvalue weighted by atomic mass is 9.81. The van der Waals surface area contributed by atoms with Gasteiger partial charge in [-0.2, -0.15) is 0 Å². The normalized spacial score (nSPS) is 30.9. The Morgan fingerprint density at radius 1 is 1.10 bits per heavy atom. The van der Waals surface area contributed by atoms with E-state index in [1.54, 1.807) is 0 Å². The van der Waals surface area contributed by atoms with E-state index in [4.69, 9.17) is 0 Å². The fourth-order valence-electron chi connectivity index (χ4n) is 4.21. The van der Waals surface area contributed by atoms with Crippen molar-refractivity contribution in [3.8, 4) is 0 Å². The topological polar surface area (TPSA) is 15.3 Å². The highest BCUT2D eigenvalue weighted by atomic mass is 15.2. The van der Waals surface area contributed by atoms with Crippen molar-refractivity contribution in [3.05, 3.63) is 0 Å². The first-order valence-electron chi connectivity index (χ1n) is 9.19. The molecule has 0 spiro atoms. The lowest BCUT2D eigenvalue weighted by molar-refractivity contribution is 0.0232. The van der Waals surface area contributed by atoms with Crippen LogP contribution in [0.2, 0.25) is 0 Å². The lowest BCUT2D eigenvalue weighted by Crippen LogP contribution is -2.56. The maximum atomic E-state index is 3.78. The number of hydrogen-bond donors (Lipinski definition) is 1. The molecule has 2 heterocycles. The van der Waals surface area contributed by atoms with Crippen molar-refractivity contribution in [2.75, 3.05) is 13.1 Å². The fourth-order valence-corrected chi connectivity index (χ4v) is 4.21. The van der Waals surface area contributed by atoms with Crippen molar-refractivity contribution in [2.24, 2.45) is 5.92 Å². The van der Waals surface area contributed by atoms with E-state index in [-0.39, 0.29) is 0 Å². The van der Waals surface area contributed by atoms with Crippen LogP contribution >= 0.6 is 0 Å².